The number of sulfonamides is 1. The maximum Gasteiger partial charge on any atom is 0.325 e. The Kier molecular flexibility index (Phi) is 7.53. The summed E-state index contributed by atoms with van der Waals surface area (Å²) in [5.74, 6) is -1.70. The summed E-state index contributed by atoms with van der Waals surface area (Å²) in [6.07, 6.45) is -1.09. The molecule has 2 aromatic carbocycles. The number of carbonyl (C=O) groups is 2. The van der Waals surface area contributed by atoms with Crippen LogP contribution in [0.3, 0.4) is 0 Å². The van der Waals surface area contributed by atoms with E-state index in [1.165, 1.54) is 19.1 Å². The van der Waals surface area contributed by atoms with Gasteiger partial charge in [0.1, 0.15) is 6.04 Å². The molecule has 2 aromatic rings. The van der Waals surface area contributed by atoms with Crippen molar-refractivity contribution in [3.8, 4) is 0 Å². The van der Waals surface area contributed by atoms with Gasteiger partial charge in [0.2, 0.25) is 10.0 Å². The SMILES string of the molecule is Cc1ccc(NC(=O)[C@H](C)OC(=O)[C@H](NS(=O)(=O)c2ccccc2)C(C)C)cc1. The van der Waals surface area contributed by atoms with Crippen molar-refractivity contribution in [1.82, 2.24) is 4.72 Å². The number of amides is 1. The van der Waals surface area contributed by atoms with E-state index in [0.29, 0.717) is 5.69 Å². The van der Waals surface area contributed by atoms with Crippen LogP contribution in [0.25, 0.3) is 0 Å². The van der Waals surface area contributed by atoms with Gasteiger partial charge >= 0.3 is 5.97 Å². The monoisotopic (exact) mass is 418 g/mol. The van der Waals surface area contributed by atoms with Crippen molar-refractivity contribution in [2.75, 3.05) is 5.32 Å². The Morgan fingerprint density at radius 2 is 1.52 bits per heavy atom. The largest absolute Gasteiger partial charge is 0.451 e. The summed E-state index contributed by atoms with van der Waals surface area (Å²) in [6, 6.07) is 13.8. The Balaban J connectivity index is 2.04. The third-order valence-corrected chi connectivity index (χ3v) is 5.69. The molecule has 0 aliphatic heterocycles. The highest BCUT2D eigenvalue weighted by Crippen LogP contribution is 2.14. The number of benzene rings is 2. The molecule has 0 saturated heterocycles. The van der Waals surface area contributed by atoms with E-state index in [-0.39, 0.29) is 10.8 Å². The molecule has 0 bridgehead atoms. The summed E-state index contributed by atoms with van der Waals surface area (Å²) >= 11 is 0. The lowest BCUT2D eigenvalue weighted by atomic mass is 10.1. The molecule has 0 fully saturated rings. The van der Waals surface area contributed by atoms with E-state index in [1.54, 1.807) is 44.2 Å². The number of rotatable bonds is 8. The lowest BCUT2D eigenvalue weighted by Crippen LogP contribution is -2.47. The minimum atomic E-state index is -3.91. The smallest absolute Gasteiger partial charge is 0.325 e. The molecule has 0 aliphatic rings. The Hall–Kier alpha value is -2.71. The molecule has 1 amide bonds. The number of ether oxygens (including phenoxy) is 1. The summed E-state index contributed by atoms with van der Waals surface area (Å²) in [5, 5.41) is 2.66. The molecule has 0 aromatic heterocycles. The van der Waals surface area contributed by atoms with Gasteiger partial charge in [-0.25, -0.2) is 8.42 Å². The standard InChI is InChI=1S/C21H26N2O5S/c1-14(2)19(23-29(26,27)18-8-6-5-7-9-18)21(25)28-16(4)20(24)22-17-12-10-15(3)11-13-17/h5-14,16,19,23H,1-4H3,(H,22,24)/t16-,19+/m0/s1. The lowest BCUT2D eigenvalue weighted by Gasteiger charge is -2.23. The Labute approximate surface area is 171 Å². The first-order valence-corrected chi connectivity index (χ1v) is 10.7. The van der Waals surface area contributed by atoms with Crippen LogP contribution in [0.1, 0.15) is 26.3 Å². The molecule has 2 N–H and O–H groups in total. The number of nitrogens with one attached hydrogen (secondary N) is 2. The predicted octanol–water partition coefficient (Wildman–Crippen LogP) is 2.87. The first kappa shape index (κ1) is 22.6. The average molecular weight is 419 g/mol. The predicted molar refractivity (Wildman–Crippen MR) is 111 cm³/mol. The normalized spacial score (nSPS) is 13.6. The lowest BCUT2D eigenvalue weighted by molar-refractivity contribution is -0.155. The minimum Gasteiger partial charge on any atom is -0.451 e. The van der Waals surface area contributed by atoms with Crippen molar-refractivity contribution in [3.05, 3.63) is 60.2 Å². The second kappa shape index (κ2) is 9.67. The second-order valence-electron chi connectivity index (χ2n) is 7.09. The zero-order valence-corrected chi connectivity index (χ0v) is 17.7. The summed E-state index contributed by atoms with van der Waals surface area (Å²) in [4.78, 5) is 24.9. The number of carbonyl (C=O) groups excluding carboxylic acids is 2. The van der Waals surface area contributed by atoms with Gasteiger partial charge in [0, 0.05) is 5.69 Å². The van der Waals surface area contributed by atoms with Gasteiger partial charge in [0.05, 0.1) is 4.90 Å². The molecule has 2 atom stereocenters. The third kappa shape index (κ3) is 6.40. The van der Waals surface area contributed by atoms with Gasteiger partial charge < -0.3 is 10.1 Å². The topological polar surface area (TPSA) is 102 Å². The first-order chi connectivity index (χ1) is 13.6. The number of aryl methyl sites for hydroxylation is 1. The molecule has 0 heterocycles. The molecule has 156 valence electrons. The summed E-state index contributed by atoms with van der Waals surface area (Å²) < 4.78 is 32.7. The van der Waals surface area contributed by atoms with E-state index in [9.17, 15) is 18.0 Å². The zero-order valence-electron chi connectivity index (χ0n) is 16.9. The second-order valence-corrected chi connectivity index (χ2v) is 8.80. The fourth-order valence-electron chi connectivity index (χ4n) is 2.47. The zero-order chi connectivity index (χ0) is 21.6. The highest BCUT2D eigenvalue weighted by atomic mass is 32.2. The van der Waals surface area contributed by atoms with Crippen LogP contribution in [0.4, 0.5) is 5.69 Å². The van der Waals surface area contributed by atoms with Crippen LogP contribution >= 0.6 is 0 Å². The van der Waals surface area contributed by atoms with E-state index < -0.39 is 34.0 Å². The molecule has 7 nitrogen and oxygen atoms in total. The molecule has 0 aliphatic carbocycles. The van der Waals surface area contributed by atoms with Crippen molar-refractivity contribution in [2.24, 2.45) is 5.92 Å². The van der Waals surface area contributed by atoms with Crippen LogP contribution in [0.5, 0.6) is 0 Å². The van der Waals surface area contributed by atoms with Gasteiger partial charge in [0.25, 0.3) is 5.91 Å². The maximum absolute atomic E-state index is 12.6. The molecule has 0 unspecified atom stereocenters. The number of anilines is 1. The van der Waals surface area contributed by atoms with Crippen molar-refractivity contribution in [2.45, 2.75) is 44.7 Å². The maximum atomic E-state index is 12.6. The van der Waals surface area contributed by atoms with Gasteiger partial charge in [-0.1, -0.05) is 49.7 Å². The van der Waals surface area contributed by atoms with Gasteiger partial charge in [-0.15, -0.1) is 0 Å². The molecule has 0 spiro atoms. The molecule has 8 heteroatoms. The van der Waals surface area contributed by atoms with Crippen LogP contribution in [0, 0.1) is 12.8 Å². The van der Waals surface area contributed by atoms with E-state index in [4.69, 9.17) is 4.74 Å². The molecule has 0 saturated carbocycles. The fraction of sp³-hybridized carbons (Fsp3) is 0.333. The van der Waals surface area contributed by atoms with Crippen molar-refractivity contribution >= 4 is 27.6 Å². The molecular formula is C21H26N2O5S. The average Bonchev–Trinajstić information content (AvgIpc) is 2.68. The summed E-state index contributed by atoms with van der Waals surface area (Å²) in [7, 11) is -3.91. The van der Waals surface area contributed by atoms with Crippen LogP contribution in [0.15, 0.2) is 59.5 Å². The molecule has 2 rings (SSSR count). The Morgan fingerprint density at radius 3 is 2.07 bits per heavy atom. The Morgan fingerprint density at radius 1 is 0.931 bits per heavy atom. The van der Waals surface area contributed by atoms with Crippen LogP contribution in [-0.4, -0.2) is 32.4 Å². The van der Waals surface area contributed by atoms with E-state index >= 15 is 0 Å². The first-order valence-electron chi connectivity index (χ1n) is 9.25. The van der Waals surface area contributed by atoms with Gasteiger partial charge in [-0.05, 0) is 44.0 Å². The fourth-order valence-corrected chi connectivity index (χ4v) is 3.83. The van der Waals surface area contributed by atoms with Crippen LogP contribution < -0.4 is 10.0 Å². The van der Waals surface area contributed by atoms with Gasteiger partial charge in [0.15, 0.2) is 6.10 Å². The van der Waals surface area contributed by atoms with E-state index in [0.717, 1.165) is 5.56 Å². The van der Waals surface area contributed by atoms with Crippen molar-refractivity contribution in [1.29, 1.82) is 0 Å². The van der Waals surface area contributed by atoms with E-state index in [1.807, 2.05) is 19.1 Å². The highest BCUT2D eigenvalue weighted by Gasteiger charge is 2.31. The highest BCUT2D eigenvalue weighted by molar-refractivity contribution is 7.89. The van der Waals surface area contributed by atoms with Crippen molar-refractivity contribution < 1.29 is 22.7 Å². The van der Waals surface area contributed by atoms with Crippen LogP contribution in [-0.2, 0) is 24.3 Å². The minimum absolute atomic E-state index is 0.0450. The number of hydrogen-bond acceptors (Lipinski definition) is 5. The van der Waals surface area contributed by atoms with E-state index in [2.05, 4.69) is 10.0 Å². The summed E-state index contributed by atoms with van der Waals surface area (Å²) in [5.41, 5.74) is 1.63. The third-order valence-electron chi connectivity index (χ3n) is 4.24. The van der Waals surface area contributed by atoms with Gasteiger partial charge in [-0.2, -0.15) is 4.72 Å². The summed E-state index contributed by atoms with van der Waals surface area (Å²) in [6.45, 7) is 6.75. The molecular weight excluding hydrogens is 392 g/mol. The van der Waals surface area contributed by atoms with Gasteiger partial charge in [-0.3, -0.25) is 9.59 Å². The Bertz CT molecular complexity index is 941. The number of esters is 1. The molecule has 0 radical (unpaired) electrons. The van der Waals surface area contributed by atoms with Crippen molar-refractivity contribution in [3.63, 3.8) is 0 Å². The quantitative estimate of drug-likeness (QED) is 0.642. The molecule has 29 heavy (non-hydrogen) atoms. The number of hydrogen-bond donors (Lipinski definition) is 2. The van der Waals surface area contributed by atoms with Crippen LogP contribution in [0.2, 0.25) is 0 Å².